The lowest BCUT2D eigenvalue weighted by Gasteiger charge is -2.15. The van der Waals surface area contributed by atoms with Gasteiger partial charge >= 0.3 is 0 Å². The average molecular weight is 481 g/mol. The molecule has 0 fully saturated rings. The SMILES string of the molecule is COc1ccccc1C(=O)Nc1ccccc1CCc1ccccc1NC(=O)c1ccccc1OC. The van der Waals surface area contributed by atoms with Gasteiger partial charge in [0.05, 0.1) is 25.3 Å². The van der Waals surface area contributed by atoms with Gasteiger partial charge in [0.1, 0.15) is 11.5 Å². The highest BCUT2D eigenvalue weighted by Crippen LogP contribution is 2.25. The number of nitrogens with one attached hydrogen (secondary N) is 2. The first-order valence-electron chi connectivity index (χ1n) is 11.6. The van der Waals surface area contributed by atoms with Crippen LogP contribution in [0.4, 0.5) is 11.4 Å². The highest BCUT2D eigenvalue weighted by Gasteiger charge is 2.15. The maximum absolute atomic E-state index is 12.9. The molecule has 0 saturated carbocycles. The lowest BCUT2D eigenvalue weighted by molar-refractivity contribution is 0.101. The van der Waals surface area contributed by atoms with E-state index in [1.54, 1.807) is 50.6 Å². The van der Waals surface area contributed by atoms with E-state index >= 15 is 0 Å². The smallest absolute Gasteiger partial charge is 0.259 e. The number of anilines is 2. The fourth-order valence-electron chi connectivity index (χ4n) is 4.03. The van der Waals surface area contributed by atoms with Crippen molar-refractivity contribution < 1.29 is 19.1 Å². The van der Waals surface area contributed by atoms with Crippen LogP contribution in [0.25, 0.3) is 0 Å². The standard InChI is InChI=1S/C30H28N2O4/c1-35-27-17-9-5-13-23(27)29(33)31-25-15-7-3-11-21(25)19-20-22-12-4-8-16-26(22)32-30(34)24-14-6-10-18-28(24)36-2/h3-18H,19-20H2,1-2H3,(H,31,33)(H,32,34). The molecule has 0 aromatic heterocycles. The molecule has 36 heavy (non-hydrogen) atoms. The molecule has 0 heterocycles. The number of carbonyl (C=O) groups is 2. The molecule has 0 spiro atoms. The summed E-state index contributed by atoms with van der Waals surface area (Å²) in [5.41, 5.74) is 4.41. The Hall–Kier alpha value is -4.58. The van der Waals surface area contributed by atoms with Crippen LogP contribution < -0.4 is 20.1 Å². The van der Waals surface area contributed by atoms with Gasteiger partial charge in [-0.3, -0.25) is 9.59 Å². The van der Waals surface area contributed by atoms with Crippen molar-refractivity contribution in [3.8, 4) is 11.5 Å². The summed E-state index contributed by atoms with van der Waals surface area (Å²) in [6, 6.07) is 29.7. The Balaban J connectivity index is 1.49. The van der Waals surface area contributed by atoms with Crippen molar-refractivity contribution >= 4 is 23.2 Å². The predicted molar refractivity (Wildman–Crippen MR) is 142 cm³/mol. The fourth-order valence-corrected chi connectivity index (χ4v) is 4.03. The summed E-state index contributed by atoms with van der Waals surface area (Å²) in [4.78, 5) is 25.9. The van der Waals surface area contributed by atoms with Crippen LogP contribution in [-0.2, 0) is 12.8 Å². The van der Waals surface area contributed by atoms with Crippen molar-refractivity contribution in [2.24, 2.45) is 0 Å². The Morgan fingerprint density at radius 1 is 0.556 bits per heavy atom. The van der Waals surface area contributed by atoms with Gasteiger partial charge in [-0.05, 0) is 60.4 Å². The Morgan fingerprint density at radius 3 is 1.33 bits per heavy atom. The summed E-state index contributed by atoms with van der Waals surface area (Å²) < 4.78 is 10.7. The van der Waals surface area contributed by atoms with Gasteiger partial charge in [0, 0.05) is 11.4 Å². The minimum atomic E-state index is -0.232. The number of methoxy groups -OCH3 is 2. The quantitative estimate of drug-likeness (QED) is 0.308. The zero-order valence-corrected chi connectivity index (χ0v) is 20.3. The lowest BCUT2D eigenvalue weighted by atomic mass is 10.0. The summed E-state index contributed by atoms with van der Waals surface area (Å²) in [7, 11) is 3.09. The fraction of sp³-hybridized carbons (Fsp3) is 0.133. The number of aryl methyl sites for hydroxylation is 2. The molecule has 6 nitrogen and oxygen atoms in total. The molecule has 0 aliphatic rings. The van der Waals surface area contributed by atoms with E-state index in [0.29, 0.717) is 35.5 Å². The highest BCUT2D eigenvalue weighted by molar-refractivity contribution is 6.07. The van der Waals surface area contributed by atoms with Crippen LogP contribution in [0.15, 0.2) is 97.1 Å². The normalized spacial score (nSPS) is 10.4. The third kappa shape index (κ3) is 5.73. The molecule has 0 bridgehead atoms. The Kier molecular flexibility index (Phi) is 7.98. The minimum absolute atomic E-state index is 0.232. The molecule has 182 valence electrons. The Labute approximate surface area is 210 Å². The second kappa shape index (κ2) is 11.7. The van der Waals surface area contributed by atoms with E-state index in [4.69, 9.17) is 9.47 Å². The van der Waals surface area contributed by atoms with E-state index in [0.717, 1.165) is 22.5 Å². The highest BCUT2D eigenvalue weighted by atomic mass is 16.5. The molecule has 0 atom stereocenters. The van der Waals surface area contributed by atoms with E-state index in [2.05, 4.69) is 10.6 Å². The maximum atomic E-state index is 12.9. The number of ether oxygens (including phenoxy) is 2. The minimum Gasteiger partial charge on any atom is -0.496 e. The molecule has 4 aromatic carbocycles. The van der Waals surface area contributed by atoms with E-state index in [-0.39, 0.29) is 11.8 Å². The van der Waals surface area contributed by atoms with Gasteiger partial charge in [-0.1, -0.05) is 60.7 Å². The first kappa shape index (κ1) is 24.5. The first-order chi connectivity index (χ1) is 17.6. The lowest BCUT2D eigenvalue weighted by Crippen LogP contribution is -2.15. The number of benzene rings is 4. The van der Waals surface area contributed by atoms with Crippen LogP contribution in [0, 0.1) is 0 Å². The summed E-state index contributed by atoms with van der Waals surface area (Å²) >= 11 is 0. The second-order valence-electron chi connectivity index (χ2n) is 8.12. The molecule has 4 aromatic rings. The van der Waals surface area contributed by atoms with Crippen molar-refractivity contribution in [3.05, 3.63) is 119 Å². The third-order valence-corrected chi connectivity index (χ3v) is 5.90. The van der Waals surface area contributed by atoms with Gasteiger partial charge < -0.3 is 20.1 Å². The number of hydrogen-bond acceptors (Lipinski definition) is 4. The molecule has 2 N–H and O–H groups in total. The molecular weight excluding hydrogens is 452 g/mol. The topological polar surface area (TPSA) is 76.7 Å². The van der Waals surface area contributed by atoms with E-state index < -0.39 is 0 Å². The molecule has 4 rings (SSSR count). The molecule has 6 heteroatoms. The van der Waals surface area contributed by atoms with Gasteiger partial charge in [-0.15, -0.1) is 0 Å². The van der Waals surface area contributed by atoms with E-state index in [9.17, 15) is 9.59 Å². The molecule has 2 amide bonds. The number of rotatable bonds is 9. The van der Waals surface area contributed by atoms with Gasteiger partial charge in [0.15, 0.2) is 0 Å². The van der Waals surface area contributed by atoms with E-state index in [1.165, 1.54) is 0 Å². The molecule has 0 radical (unpaired) electrons. The van der Waals surface area contributed by atoms with Crippen LogP contribution in [-0.4, -0.2) is 26.0 Å². The zero-order valence-electron chi connectivity index (χ0n) is 20.3. The molecule has 0 saturated heterocycles. The van der Waals surface area contributed by atoms with Gasteiger partial charge in [-0.2, -0.15) is 0 Å². The number of hydrogen-bond donors (Lipinski definition) is 2. The van der Waals surface area contributed by atoms with Crippen LogP contribution >= 0.6 is 0 Å². The number of carbonyl (C=O) groups excluding carboxylic acids is 2. The van der Waals surface area contributed by atoms with Gasteiger partial charge in [0.25, 0.3) is 11.8 Å². The third-order valence-electron chi connectivity index (χ3n) is 5.90. The molecule has 0 unspecified atom stereocenters. The van der Waals surface area contributed by atoms with Gasteiger partial charge in [-0.25, -0.2) is 0 Å². The molecular formula is C30H28N2O4. The Bertz CT molecular complexity index is 1260. The van der Waals surface area contributed by atoms with Crippen molar-refractivity contribution in [3.63, 3.8) is 0 Å². The Morgan fingerprint density at radius 2 is 0.917 bits per heavy atom. The zero-order chi connectivity index (χ0) is 25.3. The number of amides is 2. The molecule has 0 aliphatic carbocycles. The molecule has 0 aliphatic heterocycles. The predicted octanol–water partition coefficient (Wildman–Crippen LogP) is 5.99. The monoisotopic (exact) mass is 480 g/mol. The summed E-state index contributed by atoms with van der Waals surface area (Å²) in [6.07, 6.45) is 1.34. The average Bonchev–Trinajstić information content (AvgIpc) is 2.93. The van der Waals surface area contributed by atoms with Crippen LogP contribution in [0.1, 0.15) is 31.8 Å². The van der Waals surface area contributed by atoms with E-state index in [1.807, 2.05) is 60.7 Å². The van der Waals surface area contributed by atoms with Crippen LogP contribution in [0.2, 0.25) is 0 Å². The first-order valence-corrected chi connectivity index (χ1v) is 11.6. The largest absolute Gasteiger partial charge is 0.496 e. The van der Waals surface area contributed by atoms with Crippen molar-refractivity contribution in [2.75, 3.05) is 24.9 Å². The maximum Gasteiger partial charge on any atom is 0.259 e. The van der Waals surface area contributed by atoms with Gasteiger partial charge in [0.2, 0.25) is 0 Å². The van der Waals surface area contributed by atoms with Crippen LogP contribution in [0.3, 0.4) is 0 Å². The summed E-state index contributed by atoms with van der Waals surface area (Å²) in [5, 5.41) is 6.03. The summed E-state index contributed by atoms with van der Waals surface area (Å²) in [6.45, 7) is 0. The van der Waals surface area contributed by atoms with Crippen molar-refractivity contribution in [1.82, 2.24) is 0 Å². The van der Waals surface area contributed by atoms with Crippen LogP contribution in [0.5, 0.6) is 11.5 Å². The summed E-state index contributed by atoms with van der Waals surface area (Å²) in [5.74, 6) is 0.577. The van der Waals surface area contributed by atoms with Crippen molar-refractivity contribution in [2.45, 2.75) is 12.8 Å². The number of para-hydroxylation sites is 4. The van der Waals surface area contributed by atoms with Crippen molar-refractivity contribution in [1.29, 1.82) is 0 Å². The second-order valence-corrected chi connectivity index (χ2v) is 8.12.